The van der Waals surface area contributed by atoms with Gasteiger partial charge in [0.1, 0.15) is 24.7 Å². The monoisotopic (exact) mass is 596 g/mol. The lowest BCUT2D eigenvalue weighted by atomic mass is 10.1. The molecular weight excluding hydrogens is 568 g/mol. The van der Waals surface area contributed by atoms with Gasteiger partial charge in [0.2, 0.25) is 15.9 Å². The minimum atomic E-state index is -3.93. The number of hydrogen-bond donors (Lipinski definition) is 5. The van der Waals surface area contributed by atoms with E-state index in [0.29, 0.717) is 11.1 Å². The van der Waals surface area contributed by atoms with Crippen molar-refractivity contribution in [3.8, 4) is 5.75 Å². The minimum Gasteiger partial charge on any atom is -0.483 e. The number of esters is 1. The van der Waals surface area contributed by atoms with Crippen molar-refractivity contribution < 1.29 is 37.1 Å². The predicted octanol–water partition coefficient (Wildman–Crippen LogP) is -0.137. The van der Waals surface area contributed by atoms with Gasteiger partial charge in [0, 0.05) is 28.3 Å². The number of nitrogens with zero attached hydrogens (tertiary/aromatic N) is 1. The van der Waals surface area contributed by atoms with Crippen molar-refractivity contribution >= 4 is 56.8 Å². The van der Waals surface area contributed by atoms with Crippen LogP contribution in [0.1, 0.15) is 28.4 Å². The smallest absolute Gasteiger partial charge is 0.325 e. The number of hydrogen-bond acceptors (Lipinski definition) is 9. The largest absolute Gasteiger partial charge is 0.483 e. The maximum atomic E-state index is 12.9. The number of anilines is 1. The third-order valence-corrected chi connectivity index (χ3v) is 6.40. The van der Waals surface area contributed by atoms with Crippen molar-refractivity contribution in [1.82, 2.24) is 10.6 Å². The van der Waals surface area contributed by atoms with Crippen LogP contribution in [-0.2, 0) is 35.7 Å². The molecule has 7 N–H and O–H groups in total. The molecule has 0 aromatic heterocycles. The molecule has 3 amide bonds. The molecule has 0 atom stereocenters. The normalized spacial score (nSPS) is 10.8. The zero-order valence-corrected chi connectivity index (χ0v) is 23.2. The number of nitrogens with one attached hydrogen (secondary N) is 3. The second-order valence-electron chi connectivity index (χ2n) is 8.22. The molecule has 14 nitrogen and oxygen atoms in total. The Kier molecular flexibility index (Phi) is 11.3. The number of primary amides is 1. The van der Waals surface area contributed by atoms with E-state index in [0.717, 1.165) is 10.6 Å². The van der Waals surface area contributed by atoms with Gasteiger partial charge < -0.3 is 31.6 Å². The highest BCUT2D eigenvalue weighted by atomic mass is 35.5. The van der Waals surface area contributed by atoms with Gasteiger partial charge >= 0.3 is 5.97 Å². The van der Waals surface area contributed by atoms with Crippen molar-refractivity contribution in [2.75, 3.05) is 36.9 Å². The SMILES string of the molecule is CCOC(=O)CNC(=O)COc1cc(C(=N)N)ccc1CNC(=O)c1cc(Cl)cc(N(CC(N)=O)S(C)(=O)=O)c1. The van der Waals surface area contributed by atoms with Gasteiger partial charge in [-0.3, -0.25) is 28.9 Å². The second-order valence-corrected chi connectivity index (χ2v) is 10.6. The fraction of sp³-hybridized carbons (Fsp3) is 0.292. The van der Waals surface area contributed by atoms with Gasteiger partial charge in [-0.25, -0.2) is 8.42 Å². The number of amidine groups is 1. The Hall–Kier alpha value is -4.37. The van der Waals surface area contributed by atoms with Gasteiger partial charge in [-0.15, -0.1) is 0 Å². The molecule has 0 saturated heterocycles. The van der Waals surface area contributed by atoms with Gasteiger partial charge in [-0.1, -0.05) is 23.7 Å². The minimum absolute atomic E-state index is 0.0122. The molecule has 2 aromatic rings. The summed E-state index contributed by atoms with van der Waals surface area (Å²) in [6.07, 6.45) is 0.875. The Morgan fingerprint density at radius 1 is 1.05 bits per heavy atom. The number of nitrogens with two attached hydrogens (primary N) is 2. The Morgan fingerprint density at radius 3 is 2.35 bits per heavy atom. The molecule has 0 bridgehead atoms. The summed E-state index contributed by atoms with van der Waals surface area (Å²) in [6, 6.07) is 8.26. The van der Waals surface area contributed by atoms with Gasteiger partial charge in [-0.05, 0) is 31.2 Å². The fourth-order valence-corrected chi connectivity index (χ4v) is 4.33. The average Bonchev–Trinajstić information content (AvgIpc) is 2.87. The van der Waals surface area contributed by atoms with Crippen LogP contribution >= 0.6 is 11.6 Å². The zero-order chi connectivity index (χ0) is 30.0. The third-order valence-electron chi connectivity index (χ3n) is 5.04. The van der Waals surface area contributed by atoms with Crippen LogP contribution < -0.4 is 31.1 Å². The zero-order valence-electron chi connectivity index (χ0n) is 21.7. The molecule has 2 aromatic carbocycles. The molecule has 40 heavy (non-hydrogen) atoms. The standard InChI is InChI=1S/C24H29ClN6O8S/c1-3-38-22(34)11-29-21(33)13-39-19-8-14(23(27)28)4-5-15(19)10-30-24(35)16-6-17(25)9-18(7-16)31(12-20(26)32)40(2,36)37/h4-9H,3,10-13H2,1-2H3,(H2,26,32)(H3,27,28)(H,29,33)(H,30,35). The van der Waals surface area contributed by atoms with Crippen LogP contribution in [0.5, 0.6) is 5.75 Å². The lowest BCUT2D eigenvalue weighted by Crippen LogP contribution is -2.38. The molecule has 0 unspecified atom stereocenters. The van der Waals surface area contributed by atoms with Crippen molar-refractivity contribution in [2.24, 2.45) is 11.5 Å². The quantitative estimate of drug-likeness (QED) is 0.111. The van der Waals surface area contributed by atoms with Crippen LogP contribution in [0.3, 0.4) is 0 Å². The molecule has 0 heterocycles. The van der Waals surface area contributed by atoms with E-state index in [4.69, 9.17) is 38.0 Å². The van der Waals surface area contributed by atoms with Gasteiger partial charge in [0.15, 0.2) is 6.61 Å². The van der Waals surface area contributed by atoms with E-state index >= 15 is 0 Å². The summed E-state index contributed by atoms with van der Waals surface area (Å²) in [6.45, 7) is 0.194. The number of nitrogen functional groups attached to an aromatic ring is 1. The number of rotatable bonds is 14. The van der Waals surface area contributed by atoms with E-state index in [1.54, 1.807) is 6.92 Å². The molecule has 0 aliphatic heterocycles. The lowest BCUT2D eigenvalue weighted by molar-refractivity contribution is -0.143. The number of carbonyl (C=O) groups excluding carboxylic acids is 4. The summed E-state index contributed by atoms with van der Waals surface area (Å²) in [5.74, 6) is -2.91. The number of ether oxygens (including phenoxy) is 2. The molecule has 0 radical (unpaired) electrons. The summed E-state index contributed by atoms with van der Waals surface area (Å²) >= 11 is 6.11. The van der Waals surface area contributed by atoms with Crippen LogP contribution in [0.15, 0.2) is 36.4 Å². The van der Waals surface area contributed by atoms with Crippen LogP contribution in [0, 0.1) is 5.41 Å². The van der Waals surface area contributed by atoms with Crippen molar-refractivity contribution in [3.63, 3.8) is 0 Å². The van der Waals surface area contributed by atoms with Crippen LogP contribution in [0.25, 0.3) is 0 Å². The van der Waals surface area contributed by atoms with E-state index in [1.165, 1.54) is 36.4 Å². The van der Waals surface area contributed by atoms with Crippen molar-refractivity contribution in [3.05, 3.63) is 58.1 Å². The lowest BCUT2D eigenvalue weighted by Gasteiger charge is -2.21. The molecule has 216 valence electrons. The van der Waals surface area contributed by atoms with E-state index in [1.807, 2.05) is 0 Å². The highest BCUT2D eigenvalue weighted by Gasteiger charge is 2.22. The van der Waals surface area contributed by atoms with E-state index in [9.17, 15) is 27.6 Å². The fourth-order valence-electron chi connectivity index (χ4n) is 3.25. The highest BCUT2D eigenvalue weighted by Crippen LogP contribution is 2.25. The molecule has 0 fully saturated rings. The van der Waals surface area contributed by atoms with Gasteiger partial charge in [0.05, 0.1) is 18.6 Å². The third kappa shape index (κ3) is 9.74. The summed E-state index contributed by atoms with van der Waals surface area (Å²) in [4.78, 5) is 47.9. The van der Waals surface area contributed by atoms with Gasteiger partial charge in [-0.2, -0.15) is 0 Å². The molecule has 0 saturated carbocycles. The van der Waals surface area contributed by atoms with E-state index in [-0.39, 0.29) is 47.6 Å². The van der Waals surface area contributed by atoms with Crippen molar-refractivity contribution in [1.29, 1.82) is 5.41 Å². The molecule has 0 aliphatic carbocycles. The molecule has 0 spiro atoms. The van der Waals surface area contributed by atoms with Crippen LogP contribution in [0.2, 0.25) is 5.02 Å². The molecular formula is C24H29ClN6O8S. The summed E-state index contributed by atoms with van der Waals surface area (Å²) in [7, 11) is -3.93. The van der Waals surface area contributed by atoms with Gasteiger partial charge in [0.25, 0.3) is 11.8 Å². The molecule has 16 heteroatoms. The first kappa shape index (κ1) is 31.8. The van der Waals surface area contributed by atoms with E-state index in [2.05, 4.69) is 10.6 Å². The maximum Gasteiger partial charge on any atom is 0.325 e. The summed E-state index contributed by atoms with van der Waals surface area (Å²) in [5.41, 5.74) is 11.4. The number of carbonyl (C=O) groups is 4. The number of halogens is 1. The van der Waals surface area contributed by atoms with Crippen molar-refractivity contribution in [2.45, 2.75) is 13.5 Å². The Labute approximate surface area is 235 Å². The first-order chi connectivity index (χ1) is 18.7. The topological polar surface area (TPSA) is 224 Å². The van der Waals surface area contributed by atoms with Crippen LogP contribution in [0.4, 0.5) is 5.69 Å². The number of sulfonamides is 1. The first-order valence-corrected chi connectivity index (χ1v) is 13.8. The maximum absolute atomic E-state index is 12.9. The average molecular weight is 597 g/mol. The summed E-state index contributed by atoms with van der Waals surface area (Å²) < 4.78 is 35.4. The number of benzene rings is 2. The number of amides is 3. The highest BCUT2D eigenvalue weighted by molar-refractivity contribution is 7.92. The van der Waals surface area contributed by atoms with Crippen LogP contribution in [-0.4, -0.2) is 70.5 Å². The second kappa shape index (κ2) is 14.1. The summed E-state index contributed by atoms with van der Waals surface area (Å²) in [5, 5.41) is 12.7. The molecule has 0 aliphatic rings. The predicted molar refractivity (Wildman–Crippen MR) is 147 cm³/mol. The molecule has 2 rings (SSSR count). The Morgan fingerprint density at radius 2 is 1.75 bits per heavy atom. The Balaban J connectivity index is 2.21. The first-order valence-electron chi connectivity index (χ1n) is 11.6. The Bertz CT molecular complexity index is 1420. The van der Waals surface area contributed by atoms with E-state index < -0.39 is 46.9 Å².